The quantitative estimate of drug-likeness (QED) is 0.658. The summed E-state index contributed by atoms with van der Waals surface area (Å²) in [5, 5.41) is 0.680. The molecule has 0 saturated heterocycles. The molecule has 4 nitrogen and oxygen atoms in total. The normalized spacial score (nSPS) is 10.3. The first kappa shape index (κ1) is 16.8. The Morgan fingerprint density at radius 3 is 2.60 bits per heavy atom. The van der Waals surface area contributed by atoms with Gasteiger partial charge in [0.05, 0.1) is 6.54 Å². The lowest BCUT2D eigenvalue weighted by atomic mass is 10.3. The second kappa shape index (κ2) is 9.61. The molecule has 1 aromatic carbocycles. The summed E-state index contributed by atoms with van der Waals surface area (Å²) in [6, 6.07) is 7.18. The third-order valence-corrected chi connectivity index (χ3v) is 3.07. The molecule has 0 N–H and O–H groups in total. The Bertz CT molecular complexity index is 395. The van der Waals surface area contributed by atoms with Crippen LogP contribution >= 0.6 is 11.6 Å². The van der Waals surface area contributed by atoms with Crippen LogP contribution in [0.2, 0.25) is 5.02 Å². The topological polar surface area (TPSA) is 38.8 Å². The van der Waals surface area contributed by atoms with E-state index in [1.165, 1.54) is 0 Å². The molecule has 0 spiro atoms. The molecule has 0 aliphatic rings. The highest BCUT2D eigenvalue weighted by molar-refractivity contribution is 6.30. The lowest BCUT2D eigenvalue weighted by Crippen LogP contribution is -2.30. The number of carbonyl (C=O) groups excluding carboxylic acids is 1. The molecule has 1 aromatic rings. The molecule has 112 valence electrons. The maximum atomic E-state index is 11.8. The predicted molar refractivity (Wildman–Crippen MR) is 80.3 cm³/mol. The monoisotopic (exact) mass is 299 g/mol. The maximum Gasteiger partial charge on any atom is 0.222 e. The minimum atomic E-state index is 0.115. The number of amides is 1. The van der Waals surface area contributed by atoms with Gasteiger partial charge in [-0.3, -0.25) is 4.79 Å². The molecule has 0 heterocycles. The summed E-state index contributed by atoms with van der Waals surface area (Å²) < 4.78 is 10.8. The standard InChI is InChI=1S/C15H22ClNO3/c1-3-19-11-4-5-15(18)17(2)10-12-20-14-8-6-13(16)7-9-14/h6-9H,3-5,10-12H2,1-2H3. The molecule has 0 aliphatic heterocycles. The Labute approximate surface area is 125 Å². The molecular formula is C15H22ClNO3. The summed E-state index contributed by atoms with van der Waals surface area (Å²) in [4.78, 5) is 13.5. The van der Waals surface area contributed by atoms with Crippen LogP contribution in [0.15, 0.2) is 24.3 Å². The molecule has 0 bridgehead atoms. The van der Waals surface area contributed by atoms with E-state index < -0.39 is 0 Å². The molecule has 20 heavy (non-hydrogen) atoms. The number of likely N-dealkylation sites (N-methyl/N-ethyl adjacent to an activating group) is 1. The van der Waals surface area contributed by atoms with E-state index in [0.717, 1.165) is 12.2 Å². The summed E-state index contributed by atoms with van der Waals surface area (Å²) in [5.41, 5.74) is 0. The Balaban J connectivity index is 2.17. The molecule has 1 rings (SSSR count). The van der Waals surface area contributed by atoms with Gasteiger partial charge in [-0.2, -0.15) is 0 Å². The zero-order valence-corrected chi connectivity index (χ0v) is 12.9. The zero-order valence-electron chi connectivity index (χ0n) is 12.1. The van der Waals surface area contributed by atoms with E-state index >= 15 is 0 Å². The first-order chi connectivity index (χ1) is 9.63. The smallest absolute Gasteiger partial charge is 0.222 e. The van der Waals surface area contributed by atoms with Gasteiger partial charge in [0.2, 0.25) is 5.91 Å². The summed E-state index contributed by atoms with van der Waals surface area (Å²) in [6.07, 6.45) is 1.27. The van der Waals surface area contributed by atoms with Crippen LogP contribution in [-0.4, -0.2) is 44.2 Å². The molecular weight excluding hydrogens is 278 g/mol. The first-order valence-electron chi connectivity index (χ1n) is 6.83. The van der Waals surface area contributed by atoms with E-state index in [1.54, 1.807) is 24.1 Å². The van der Waals surface area contributed by atoms with Crippen LogP contribution in [-0.2, 0) is 9.53 Å². The number of hydrogen-bond acceptors (Lipinski definition) is 3. The average molecular weight is 300 g/mol. The van der Waals surface area contributed by atoms with Crippen LogP contribution in [0.4, 0.5) is 0 Å². The highest BCUT2D eigenvalue weighted by Gasteiger charge is 2.08. The highest BCUT2D eigenvalue weighted by atomic mass is 35.5. The number of halogens is 1. The van der Waals surface area contributed by atoms with Crippen LogP contribution in [0.1, 0.15) is 19.8 Å². The highest BCUT2D eigenvalue weighted by Crippen LogP contribution is 2.15. The lowest BCUT2D eigenvalue weighted by Gasteiger charge is -2.17. The zero-order chi connectivity index (χ0) is 14.8. The summed E-state index contributed by atoms with van der Waals surface area (Å²) >= 11 is 5.79. The molecule has 0 saturated carbocycles. The molecule has 1 amide bonds. The molecule has 0 atom stereocenters. The van der Waals surface area contributed by atoms with E-state index in [0.29, 0.717) is 37.8 Å². The fraction of sp³-hybridized carbons (Fsp3) is 0.533. The van der Waals surface area contributed by atoms with Crippen LogP contribution in [0.25, 0.3) is 0 Å². The van der Waals surface area contributed by atoms with Gasteiger partial charge in [-0.05, 0) is 37.6 Å². The Morgan fingerprint density at radius 1 is 1.25 bits per heavy atom. The van der Waals surface area contributed by atoms with Gasteiger partial charge in [0.15, 0.2) is 0 Å². The van der Waals surface area contributed by atoms with Crippen LogP contribution < -0.4 is 4.74 Å². The van der Waals surface area contributed by atoms with Gasteiger partial charge in [0.25, 0.3) is 0 Å². The first-order valence-corrected chi connectivity index (χ1v) is 7.21. The van der Waals surface area contributed by atoms with Crippen molar-refractivity contribution in [3.05, 3.63) is 29.3 Å². The van der Waals surface area contributed by atoms with E-state index in [-0.39, 0.29) is 5.91 Å². The predicted octanol–water partition coefficient (Wildman–Crippen LogP) is 2.99. The number of ether oxygens (including phenoxy) is 2. The molecule has 0 aromatic heterocycles. The summed E-state index contributed by atoms with van der Waals surface area (Å²) in [7, 11) is 1.79. The SMILES string of the molecule is CCOCCCC(=O)N(C)CCOc1ccc(Cl)cc1. The van der Waals surface area contributed by atoms with Gasteiger partial charge in [-0.25, -0.2) is 0 Å². The fourth-order valence-electron chi connectivity index (χ4n) is 1.62. The Kier molecular flexibility index (Phi) is 8.07. The number of carbonyl (C=O) groups is 1. The van der Waals surface area contributed by atoms with Crippen LogP contribution in [0.3, 0.4) is 0 Å². The number of benzene rings is 1. The number of hydrogen-bond donors (Lipinski definition) is 0. The molecule has 0 aliphatic carbocycles. The second-order valence-corrected chi connectivity index (χ2v) is 4.85. The maximum absolute atomic E-state index is 11.8. The third kappa shape index (κ3) is 6.78. The van der Waals surface area contributed by atoms with Crippen LogP contribution in [0.5, 0.6) is 5.75 Å². The molecule has 0 unspecified atom stereocenters. The van der Waals surface area contributed by atoms with Crippen molar-refractivity contribution < 1.29 is 14.3 Å². The van der Waals surface area contributed by atoms with Gasteiger partial charge < -0.3 is 14.4 Å². The third-order valence-electron chi connectivity index (χ3n) is 2.82. The van der Waals surface area contributed by atoms with Crippen LogP contribution in [0, 0.1) is 0 Å². The molecule has 0 fully saturated rings. The van der Waals surface area contributed by atoms with Crippen molar-refractivity contribution in [2.45, 2.75) is 19.8 Å². The van der Waals surface area contributed by atoms with Crippen molar-refractivity contribution in [2.24, 2.45) is 0 Å². The summed E-state index contributed by atoms with van der Waals surface area (Å²) in [6.45, 7) is 4.31. The van der Waals surface area contributed by atoms with Crippen molar-refractivity contribution in [3.63, 3.8) is 0 Å². The number of rotatable bonds is 9. The van der Waals surface area contributed by atoms with Gasteiger partial charge in [-0.15, -0.1) is 0 Å². The Hall–Kier alpha value is -1.26. The average Bonchev–Trinajstić information content (AvgIpc) is 2.45. The van der Waals surface area contributed by atoms with Crippen molar-refractivity contribution >= 4 is 17.5 Å². The van der Waals surface area contributed by atoms with E-state index in [9.17, 15) is 4.79 Å². The van der Waals surface area contributed by atoms with Gasteiger partial charge >= 0.3 is 0 Å². The van der Waals surface area contributed by atoms with Gasteiger partial charge in [0.1, 0.15) is 12.4 Å². The van der Waals surface area contributed by atoms with E-state index in [1.807, 2.05) is 19.1 Å². The van der Waals surface area contributed by atoms with Crippen molar-refractivity contribution in [1.29, 1.82) is 0 Å². The van der Waals surface area contributed by atoms with Crippen molar-refractivity contribution in [2.75, 3.05) is 33.4 Å². The largest absolute Gasteiger partial charge is 0.492 e. The van der Waals surface area contributed by atoms with Gasteiger partial charge in [0, 0.05) is 31.7 Å². The minimum Gasteiger partial charge on any atom is -0.492 e. The van der Waals surface area contributed by atoms with E-state index in [2.05, 4.69) is 0 Å². The van der Waals surface area contributed by atoms with Crippen molar-refractivity contribution in [3.8, 4) is 5.75 Å². The lowest BCUT2D eigenvalue weighted by molar-refractivity contribution is -0.130. The fourth-order valence-corrected chi connectivity index (χ4v) is 1.74. The second-order valence-electron chi connectivity index (χ2n) is 4.42. The van der Waals surface area contributed by atoms with Gasteiger partial charge in [-0.1, -0.05) is 11.6 Å². The van der Waals surface area contributed by atoms with E-state index in [4.69, 9.17) is 21.1 Å². The van der Waals surface area contributed by atoms with Crippen molar-refractivity contribution in [1.82, 2.24) is 4.90 Å². The Morgan fingerprint density at radius 2 is 1.95 bits per heavy atom. The molecule has 0 radical (unpaired) electrons. The number of nitrogens with zero attached hydrogens (tertiary/aromatic N) is 1. The molecule has 5 heteroatoms. The summed E-state index contributed by atoms with van der Waals surface area (Å²) in [5.74, 6) is 0.871. The minimum absolute atomic E-state index is 0.115.